The smallest absolute Gasteiger partial charge is 0.226 e. The van der Waals surface area contributed by atoms with Gasteiger partial charge in [0.05, 0.1) is 20.4 Å². The highest BCUT2D eigenvalue weighted by Gasteiger charge is 2.30. The third-order valence-electron chi connectivity index (χ3n) is 3.51. The third kappa shape index (κ3) is 1.99. The standard InChI is InChI=1S/C14H15N3O3/c1-19-8-3-4-12(20-2)10(5-8)9-6-13(18)16-14-11(9)7-15-17-14/h3-5,7,9H,6H2,1-2H3,(H2,15,16,17,18)/t9-/m0/s1. The molecule has 3 rings (SSSR count). The van der Waals surface area contributed by atoms with E-state index >= 15 is 0 Å². The summed E-state index contributed by atoms with van der Waals surface area (Å²) < 4.78 is 10.7. The van der Waals surface area contributed by atoms with Gasteiger partial charge in [0.2, 0.25) is 5.91 Å². The Morgan fingerprint density at radius 1 is 1.25 bits per heavy atom. The zero-order chi connectivity index (χ0) is 14.1. The van der Waals surface area contributed by atoms with Crippen molar-refractivity contribution in [2.24, 2.45) is 0 Å². The molecule has 1 aromatic carbocycles. The monoisotopic (exact) mass is 273 g/mol. The number of hydrogen-bond donors (Lipinski definition) is 2. The molecule has 6 heteroatoms. The lowest BCUT2D eigenvalue weighted by Crippen LogP contribution is -2.23. The number of anilines is 1. The molecule has 2 aromatic rings. The van der Waals surface area contributed by atoms with Gasteiger partial charge in [-0.15, -0.1) is 0 Å². The predicted octanol–water partition coefficient (Wildman–Crippen LogP) is 1.90. The lowest BCUT2D eigenvalue weighted by molar-refractivity contribution is -0.116. The van der Waals surface area contributed by atoms with Gasteiger partial charge in [-0.25, -0.2) is 0 Å². The number of aromatic nitrogens is 2. The van der Waals surface area contributed by atoms with Crippen molar-refractivity contribution in [1.29, 1.82) is 0 Å². The molecule has 0 spiro atoms. The van der Waals surface area contributed by atoms with Crippen molar-refractivity contribution < 1.29 is 14.3 Å². The molecule has 6 nitrogen and oxygen atoms in total. The largest absolute Gasteiger partial charge is 0.497 e. The number of aromatic amines is 1. The number of rotatable bonds is 3. The van der Waals surface area contributed by atoms with Gasteiger partial charge in [-0.05, 0) is 18.2 Å². The molecule has 0 saturated carbocycles. The Bertz CT molecular complexity index is 651. The highest BCUT2D eigenvalue weighted by atomic mass is 16.5. The first-order valence-corrected chi connectivity index (χ1v) is 6.28. The Hall–Kier alpha value is -2.50. The Labute approximate surface area is 116 Å². The van der Waals surface area contributed by atoms with E-state index in [1.54, 1.807) is 20.4 Å². The van der Waals surface area contributed by atoms with Crippen LogP contribution in [0.25, 0.3) is 0 Å². The second kappa shape index (κ2) is 4.88. The van der Waals surface area contributed by atoms with E-state index in [4.69, 9.17) is 9.47 Å². The molecule has 0 unspecified atom stereocenters. The Kier molecular flexibility index (Phi) is 3.06. The van der Waals surface area contributed by atoms with Crippen LogP contribution in [-0.4, -0.2) is 30.3 Å². The van der Waals surface area contributed by atoms with Crippen LogP contribution < -0.4 is 14.8 Å². The molecular formula is C14H15N3O3. The van der Waals surface area contributed by atoms with Crippen LogP contribution in [0.2, 0.25) is 0 Å². The summed E-state index contributed by atoms with van der Waals surface area (Å²) in [7, 11) is 3.23. The van der Waals surface area contributed by atoms with Crippen LogP contribution in [0.5, 0.6) is 11.5 Å². The van der Waals surface area contributed by atoms with Crippen LogP contribution in [0.4, 0.5) is 5.82 Å². The van der Waals surface area contributed by atoms with Crippen LogP contribution >= 0.6 is 0 Å². The molecule has 0 fully saturated rings. The van der Waals surface area contributed by atoms with Gasteiger partial charge in [0.25, 0.3) is 0 Å². The molecule has 2 N–H and O–H groups in total. The molecule has 1 atom stereocenters. The first-order valence-electron chi connectivity index (χ1n) is 6.28. The van der Waals surface area contributed by atoms with Crippen LogP contribution in [0.3, 0.4) is 0 Å². The van der Waals surface area contributed by atoms with E-state index in [2.05, 4.69) is 15.5 Å². The summed E-state index contributed by atoms with van der Waals surface area (Å²) in [4.78, 5) is 11.8. The minimum atomic E-state index is -0.0949. The molecule has 1 aliphatic heterocycles. The predicted molar refractivity (Wildman–Crippen MR) is 73.2 cm³/mol. The Balaban J connectivity index is 2.11. The number of methoxy groups -OCH3 is 2. The van der Waals surface area contributed by atoms with Crippen molar-refractivity contribution in [1.82, 2.24) is 10.2 Å². The minimum Gasteiger partial charge on any atom is -0.497 e. The minimum absolute atomic E-state index is 0.0448. The maximum Gasteiger partial charge on any atom is 0.226 e. The van der Waals surface area contributed by atoms with E-state index < -0.39 is 0 Å². The van der Waals surface area contributed by atoms with Gasteiger partial charge >= 0.3 is 0 Å². The van der Waals surface area contributed by atoms with Gasteiger partial charge in [-0.1, -0.05) is 0 Å². The maximum atomic E-state index is 11.8. The summed E-state index contributed by atoms with van der Waals surface area (Å²) >= 11 is 0. The van der Waals surface area contributed by atoms with Crippen molar-refractivity contribution in [3.63, 3.8) is 0 Å². The summed E-state index contributed by atoms with van der Waals surface area (Å²) in [6.45, 7) is 0. The van der Waals surface area contributed by atoms with E-state index in [1.165, 1.54) is 0 Å². The zero-order valence-corrected chi connectivity index (χ0v) is 11.3. The number of amides is 1. The average molecular weight is 273 g/mol. The Morgan fingerprint density at radius 3 is 2.85 bits per heavy atom. The summed E-state index contributed by atoms with van der Waals surface area (Å²) in [6.07, 6.45) is 2.09. The van der Waals surface area contributed by atoms with Crippen molar-refractivity contribution in [3.8, 4) is 11.5 Å². The van der Waals surface area contributed by atoms with E-state index in [-0.39, 0.29) is 11.8 Å². The van der Waals surface area contributed by atoms with Crippen LogP contribution in [-0.2, 0) is 4.79 Å². The number of H-pyrrole nitrogens is 1. The van der Waals surface area contributed by atoms with Gasteiger partial charge in [0, 0.05) is 23.5 Å². The highest BCUT2D eigenvalue weighted by Crippen LogP contribution is 2.41. The van der Waals surface area contributed by atoms with Crippen molar-refractivity contribution >= 4 is 11.7 Å². The number of carbonyl (C=O) groups excluding carboxylic acids is 1. The molecule has 0 bridgehead atoms. The van der Waals surface area contributed by atoms with Gasteiger partial charge in [-0.2, -0.15) is 5.10 Å². The SMILES string of the molecule is COc1ccc(OC)c([C@@H]2CC(=O)Nc3[nH]ncc32)c1. The van der Waals surface area contributed by atoms with Crippen molar-refractivity contribution in [2.45, 2.75) is 12.3 Å². The summed E-state index contributed by atoms with van der Waals surface area (Å²) in [5.74, 6) is 1.98. The lowest BCUT2D eigenvalue weighted by atomic mass is 9.86. The van der Waals surface area contributed by atoms with Crippen molar-refractivity contribution in [2.75, 3.05) is 19.5 Å². The molecule has 20 heavy (non-hydrogen) atoms. The molecule has 0 aliphatic carbocycles. The average Bonchev–Trinajstić information content (AvgIpc) is 2.93. The Morgan fingerprint density at radius 2 is 2.10 bits per heavy atom. The molecule has 1 aromatic heterocycles. The molecule has 2 heterocycles. The molecule has 1 aliphatic rings. The van der Waals surface area contributed by atoms with E-state index in [0.717, 1.165) is 22.6 Å². The number of ether oxygens (including phenoxy) is 2. The summed E-state index contributed by atoms with van der Waals surface area (Å²) in [6, 6.07) is 5.58. The van der Waals surface area contributed by atoms with Crippen LogP contribution in [0.1, 0.15) is 23.5 Å². The van der Waals surface area contributed by atoms with Gasteiger partial charge in [0.1, 0.15) is 17.3 Å². The lowest BCUT2D eigenvalue weighted by Gasteiger charge is -2.24. The molecule has 0 saturated heterocycles. The number of fused-ring (bicyclic) bond motifs is 1. The topological polar surface area (TPSA) is 76.2 Å². The quantitative estimate of drug-likeness (QED) is 0.895. The summed E-state index contributed by atoms with van der Waals surface area (Å²) in [5.41, 5.74) is 1.88. The highest BCUT2D eigenvalue weighted by molar-refractivity contribution is 5.94. The zero-order valence-electron chi connectivity index (χ0n) is 11.3. The molecule has 1 amide bonds. The molecular weight excluding hydrogens is 258 g/mol. The first-order chi connectivity index (χ1) is 9.72. The van der Waals surface area contributed by atoms with Gasteiger partial charge in [-0.3, -0.25) is 9.89 Å². The van der Waals surface area contributed by atoms with Gasteiger partial charge < -0.3 is 14.8 Å². The molecule has 0 radical (unpaired) electrons. The van der Waals surface area contributed by atoms with Crippen LogP contribution in [0.15, 0.2) is 24.4 Å². The maximum absolute atomic E-state index is 11.8. The number of benzene rings is 1. The number of carbonyl (C=O) groups is 1. The second-order valence-electron chi connectivity index (χ2n) is 4.61. The van der Waals surface area contributed by atoms with Crippen molar-refractivity contribution in [3.05, 3.63) is 35.5 Å². The summed E-state index contributed by atoms with van der Waals surface area (Å²) in [5, 5.41) is 9.58. The number of hydrogen-bond acceptors (Lipinski definition) is 4. The number of nitrogens with one attached hydrogen (secondary N) is 2. The second-order valence-corrected chi connectivity index (χ2v) is 4.61. The van der Waals surface area contributed by atoms with E-state index in [9.17, 15) is 4.79 Å². The number of nitrogens with zero attached hydrogens (tertiary/aromatic N) is 1. The van der Waals surface area contributed by atoms with Crippen LogP contribution in [0, 0.1) is 0 Å². The van der Waals surface area contributed by atoms with E-state index in [0.29, 0.717) is 12.2 Å². The molecule has 104 valence electrons. The fourth-order valence-corrected chi connectivity index (χ4v) is 2.53. The normalized spacial score (nSPS) is 17.3. The van der Waals surface area contributed by atoms with Gasteiger partial charge in [0.15, 0.2) is 0 Å². The first kappa shape index (κ1) is 12.5. The van der Waals surface area contributed by atoms with E-state index in [1.807, 2.05) is 18.2 Å². The fraction of sp³-hybridized carbons (Fsp3) is 0.286. The fourth-order valence-electron chi connectivity index (χ4n) is 2.53. The third-order valence-corrected chi connectivity index (χ3v) is 3.51.